The van der Waals surface area contributed by atoms with Crippen molar-refractivity contribution in [2.24, 2.45) is 5.41 Å². The highest BCUT2D eigenvalue weighted by molar-refractivity contribution is 7.99. The summed E-state index contributed by atoms with van der Waals surface area (Å²) in [7, 11) is 0. The molecule has 1 heterocycles. The molecule has 1 aliphatic heterocycles. The molecule has 0 aromatic heterocycles. The summed E-state index contributed by atoms with van der Waals surface area (Å²) in [6.07, 6.45) is 0.300. The fourth-order valence-corrected chi connectivity index (χ4v) is 2.04. The normalized spacial score (nSPS) is 19.8. The van der Waals surface area contributed by atoms with E-state index in [0.717, 1.165) is 5.75 Å². The molecule has 0 N–H and O–H groups in total. The van der Waals surface area contributed by atoms with E-state index in [2.05, 4.69) is 0 Å². The molecule has 0 radical (unpaired) electrons. The Labute approximate surface area is 118 Å². The molecule has 0 aliphatic carbocycles. The summed E-state index contributed by atoms with van der Waals surface area (Å²) in [6.45, 7) is 6.22. The lowest BCUT2D eigenvalue weighted by atomic mass is 9.91. The Hall–Kier alpha value is -0.750. The minimum absolute atomic E-state index is 0.0565. The topological polar surface area (TPSA) is 61.8 Å². The van der Waals surface area contributed by atoms with E-state index in [9.17, 15) is 9.59 Å². The van der Waals surface area contributed by atoms with E-state index in [-0.39, 0.29) is 19.0 Å². The van der Waals surface area contributed by atoms with Crippen LogP contribution in [0.1, 0.15) is 33.6 Å². The predicted octanol–water partition coefficient (Wildman–Crippen LogP) is 1.99. The van der Waals surface area contributed by atoms with E-state index < -0.39 is 17.7 Å². The van der Waals surface area contributed by atoms with E-state index in [0.29, 0.717) is 18.8 Å². The van der Waals surface area contributed by atoms with Gasteiger partial charge in [-0.15, -0.1) is 0 Å². The molecular weight excluding hydrogens is 268 g/mol. The lowest BCUT2D eigenvalue weighted by molar-refractivity contribution is -0.175. The third-order valence-electron chi connectivity index (χ3n) is 3.02. The van der Waals surface area contributed by atoms with Crippen molar-refractivity contribution >= 4 is 23.7 Å². The highest BCUT2D eigenvalue weighted by Gasteiger charge is 2.27. The van der Waals surface area contributed by atoms with Crippen molar-refractivity contribution in [2.45, 2.75) is 39.9 Å². The van der Waals surface area contributed by atoms with E-state index >= 15 is 0 Å². The van der Waals surface area contributed by atoms with Crippen LogP contribution in [0.4, 0.5) is 0 Å². The first-order valence-corrected chi connectivity index (χ1v) is 7.67. The zero-order valence-electron chi connectivity index (χ0n) is 11.8. The Morgan fingerprint density at radius 2 is 2.16 bits per heavy atom. The second-order valence-corrected chi connectivity index (χ2v) is 6.14. The number of hydrogen-bond acceptors (Lipinski definition) is 6. The highest BCUT2D eigenvalue weighted by Crippen LogP contribution is 2.21. The van der Waals surface area contributed by atoms with Gasteiger partial charge in [0.25, 0.3) is 0 Å². The van der Waals surface area contributed by atoms with Crippen LogP contribution < -0.4 is 0 Å². The van der Waals surface area contributed by atoms with Gasteiger partial charge in [-0.25, -0.2) is 0 Å². The fraction of sp³-hybridized carbons (Fsp3) is 0.846. The van der Waals surface area contributed by atoms with Crippen LogP contribution in [0.2, 0.25) is 0 Å². The smallest absolute Gasteiger partial charge is 0.311 e. The first-order chi connectivity index (χ1) is 8.95. The molecule has 1 rings (SSSR count). The molecular formula is C13H22O5S. The van der Waals surface area contributed by atoms with Crippen LogP contribution in [0, 0.1) is 5.41 Å². The SMILES string of the molecule is CCC(C)(C)C(=O)OCCC(=O)OC1CSCCO1. The van der Waals surface area contributed by atoms with Crippen molar-refractivity contribution < 1.29 is 23.8 Å². The summed E-state index contributed by atoms with van der Waals surface area (Å²) >= 11 is 1.69. The van der Waals surface area contributed by atoms with Crippen molar-refractivity contribution in [3.8, 4) is 0 Å². The van der Waals surface area contributed by atoms with Gasteiger partial charge in [-0.3, -0.25) is 9.59 Å². The number of ether oxygens (including phenoxy) is 3. The lowest BCUT2D eigenvalue weighted by Gasteiger charge is -2.22. The van der Waals surface area contributed by atoms with Gasteiger partial charge in [0.1, 0.15) is 6.61 Å². The van der Waals surface area contributed by atoms with Gasteiger partial charge in [0.2, 0.25) is 6.29 Å². The largest absolute Gasteiger partial charge is 0.465 e. The minimum Gasteiger partial charge on any atom is -0.465 e. The highest BCUT2D eigenvalue weighted by atomic mass is 32.2. The van der Waals surface area contributed by atoms with Crippen LogP contribution in [0.5, 0.6) is 0 Å². The summed E-state index contributed by atoms with van der Waals surface area (Å²) in [5.41, 5.74) is -0.507. The molecule has 0 amide bonds. The first-order valence-electron chi connectivity index (χ1n) is 6.52. The number of hydrogen-bond donors (Lipinski definition) is 0. The number of rotatable bonds is 6. The van der Waals surface area contributed by atoms with Crippen molar-refractivity contribution in [3.05, 3.63) is 0 Å². The predicted molar refractivity (Wildman–Crippen MR) is 72.8 cm³/mol. The summed E-state index contributed by atoms with van der Waals surface area (Å²) in [5, 5.41) is 0. The van der Waals surface area contributed by atoms with Crippen LogP contribution in [0.25, 0.3) is 0 Å². The van der Waals surface area contributed by atoms with E-state index in [1.165, 1.54) is 0 Å². The number of thioether (sulfide) groups is 1. The van der Waals surface area contributed by atoms with Gasteiger partial charge in [0.15, 0.2) is 0 Å². The Balaban J connectivity index is 2.18. The van der Waals surface area contributed by atoms with Gasteiger partial charge in [0, 0.05) is 5.75 Å². The van der Waals surface area contributed by atoms with Gasteiger partial charge in [-0.05, 0) is 20.3 Å². The van der Waals surface area contributed by atoms with Crippen LogP contribution in [-0.4, -0.2) is 42.9 Å². The third-order valence-corrected chi connectivity index (χ3v) is 3.99. The van der Waals surface area contributed by atoms with Gasteiger partial charge in [-0.1, -0.05) is 6.92 Å². The Kier molecular flexibility index (Phi) is 6.65. The zero-order chi connectivity index (χ0) is 14.3. The van der Waals surface area contributed by atoms with Crippen LogP contribution in [0.3, 0.4) is 0 Å². The minimum atomic E-state index is -0.507. The van der Waals surface area contributed by atoms with Crippen molar-refractivity contribution in [1.29, 1.82) is 0 Å². The maximum Gasteiger partial charge on any atom is 0.311 e. The summed E-state index contributed by atoms with van der Waals surface area (Å²) in [4.78, 5) is 23.2. The standard InChI is InChI=1S/C13H22O5S/c1-4-13(2,3)12(15)17-6-5-10(14)18-11-9-19-8-7-16-11/h11H,4-9H2,1-3H3. The maximum absolute atomic E-state index is 11.7. The third kappa shape index (κ3) is 5.82. The van der Waals surface area contributed by atoms with Gasteiger partial charge < -0.3 is 14.2 Å². The quantitative estimate of drug-likeness (QED) is 0.697. The van der Waals surface area contributed by atoms with Crippen LogP contribution >= 0.6 is 11.8 Å². The molecule has 0 aromatic carbocycles. The maximum atomic E-state index is 11.7. The Bertz CT molecular complexity index is 310. The molecule has 110 valence electrons. The molecule has 0 spiro atoms. The molecule has 0 aromatic rings. The molecule has 0 bridgehead atoms. The fourth-order valence-electron chi connectivity index (χ4n) is 1.31. The summed E-state index contributed by atoms with van der Waals surface area (Å²) in [5.74, 6) is 0.911. The van der Waals surface area contributed by atoms with Crippen molar-refractivity contribution in [2.75, 3.05) is 24.7 Å². The van der Waals surface area contributed by atoms with E-state index in [4.69, 9.17) is 14.2 Å². The average Bonchev–Trinajstić information content (AvgIpc) is 2.39. The van der Waals surface area contributed by atoms with Gasteiger partial charge in [0.05, 0.1) is 24.2 Å². The molecule has 1 unspecified atom stereocenters. The Morgan fingerprint density at radius 3 is 2.74 bits per heavy atom. The molecule has 1 saturated heterocycles. The monoisotopic (exact) mass is 290 g/mol. The zero-order valence-corrected chi connectivity index (χ0v) is 12.6. The van der Waals surface area contributed by atoms with E-state index in [1.807, 2.05) is 20.8 Å². The van der Waals surface area contributed by atoms with Gasteiger partial charge >= 0.3 is 11.9 Å². The summed E-state index contributed by atoms with van der Waals surface area (Å²) < 4.78 is 15.5. The lowest BCUT2D eigenvalue weighted by Crippen LogP contribution is -2.30. The molecule has 1 aliphatic rings. The van der Waals surface area contributed by atoms with Crippen LogP contribution in [-0.2, 0) is 23.8 Å². The number of carbonyl (C=O) groups excluding carboxylic acids is 2. The molecule has 0 saturated carbocycles. The average molecular weight is 290 g/mol. The van der Waals surface area contributed by atoms with Gasteiger partial charge in [-0.2, -0.15) is 11.8 Å². The molecule has 6 heteroatoms. The Morgan fingerprint density at radius 1 is 1.42 bits per heavy atom. The van der Waals surface area contributed by atoms with E-state index in [1.54, 1.807) is 11.8 Å². The van der Waals surface area contributed by atoms with Crippen molar-refractivity contribution in [3.63, 3.8) is 0 Å². The second-order valence-electron chi connectivity index (χ2n) is 4.99. The summed E-state index contributed by atoms with van der Waals surface area (Å²) in [6, 6.07) is 0. The van der Waals surface area contributed by atoms with Crippen LogP contribution in [0.15, 0.2) is 0 Å². The molecule has 19 heavy (non-hydrogen) atoms. The molecule has 1 atom stereocenters. The van der Waals surface area contributed by atoms with Crippen molar-refractivity contribution in [1.82, 2.24) is 0 Å². The molecule has 1 fully saturated rings. The number of esters is 2. The second kappa shape index (κ2) is 7.75. The first kappa shape index (κ1) is 16.3. The number of carbonyl (C=O) groups is 2. The molecule has 5 nitrogen and oxygen atoms in total.